The van der Waals surface area contributed by atoms with E-state index < -0.39 is 0 Å². The first-order valence-electron chi connectivity index (χ1n) is 7.03. The summed E-state index contributed by atoms with van der Waals surface area (Å²) in [5.41, 5.74) is 3.80. The molecule has 1 atom stereocenters. The number of rotatable bonds is 4. The molecule has 1 unspecified atom stereocenters. The third-order valence-electron chi connectivity index (χ3n) is 3.59. The zero-order valence-electron chi connectivity index (χ0n) is 12.1. The molecule has 3 aromatic rings. The number of halogens is 2. The van der Waals surface area contributed by atoms with Crippen LogP contribution >= 0.6 is 23.2 Å². The minimum atomic E-state index is 0.247. The molecular formula is C17H15Cl2N3. The van der Waals surface area contributed by atoms with Gasteiger partial charge in [-0.3, -0.25) is 9.97 Å². The van der Waals surface area contributed by atoms with E-state index in [4.69, 9.17) is 23.2 Å². The van der Waals surface area contributed by atoms with Crippen LogP contribution in [0, 0.1) is 0 Å². The van der Waals surface area contributed by atoms with Crippen LogP contribution in [0.15, 0.2) is 48.8 Å². The lowest BCUT2D eigenvalue weighted by atomic mass is 10.0. The number of nitrogens with zero attached hydrogens (tertiary/aromatic N) is 2. The van der Waals surface area contributed by atoms with E-state index in [-0.39, 0.29) is 5.92 Å². The van der Waals surface area contributed by atoms with Gasteiger partial charge in [-0.25, -0.2) is 0 Å². The van der Waals surface area contributed by atoms with Crippen LogP contribution in [0.5, 0.6) is 0 Å². The number of nitrogens with one attached hydrogen (secondary N) is 1. The number of hydrogen-bond acceptors (Lipinski definition) is 3. The van der Waals surface area contributed by atoms with Crippen molar-refractivity contribution in [2.24, 2.45) is 0 Å². The monoisotopic (exact) mass is 331 g/mol. The van der Waals surface area contributed by atoms with Crippen molar-refractivity contribution in [1.82, 2.24) is 9.97 Å². The Bertz CT molecular complexity index is 800. The van der Waals surface area contributed by atoms with Gasteiger partial charge in [0.05, 0.1) is 11.2 Å². The molecule has 0 saturated carbocycles. The Balaban J connectivity index is 1.79. The molecule has 3 nitrogen and oxygen atoms in total. The molecule has 0 aliphatic heterocycles. The van der Waals surface area contributed by atoms with Crippen LogP contribution in [0.2, 0.25) is 10.0 Å². The molecule has 0 aliphatic rings. The van der Waals surface area contributed by atoms with Gasteiger partial charge in [0.25, 0.3) is 0 Å². The van der Waals surface area contributed by atoms with Gasteiger partial charge >= 0.3 is 0 Å². The van der Waals surface area contributed by atoms with Crippen molar-refractivity contribution in [1.29, 1.82) is 0 Å². The van der Waals surface area contributed by atoms with Gasteiger partial charge in [-0.2, -0.15) is 0 Å². The summed E-state index contributed by atoms with van der Waals surface area (Å²) in [6, 6.07) is 11.5. The highest BCUT2D eigenvalue weighted by Gasteiger charge is 2.11. The Kier molecular flexibility index (Phi) is 4.46. The SMILES string of the molecule is CC(CNc1cccc2nccnc12)c1ccc(Cl)cc1Cl. The van der Waals surface area contributed by atoms with Gasteiger partial charge in [-0.05, 0) is 35.7 Å². The van der Waals surface area contributed by atoms with Crippen LogP contribution in [-0.2, 0) is 0 Å². The molecule has 0 radical (unpaired) electrons. The van der Waals surface area contributed by atoms with Gasteiger partial charge in [0, 0.05) is 29.0 Å². The van der Waals surface area contributed by atoms with E-state index in [9.17, 15) is 0 Å². The number of benzene rings is 2. The lowest BCUT2D eigenvalue weighted by Gasteiger charge is -2.16. The van der Waals surface area contributed by atoms with Crippen LogP contribution in [0.4, 0.5) is 5.69 Å². The summed E-state index contributed by atoms with van der Waals surface area (Å²) in [7, 11) is 0. The molecule has 0 amide bonds. The fraction of sp³-hybridized carbons (Fsp3) is 0.176. The summed E-state index contributed by atoms with van der Waals surface area (Å²) < 4.78 is 0. The zero-order chi connectivity index (χ0) is 15.5. The Morgan fingerprint density at radius 2 is 1.91 bits per heavy atom. The van der Waals surface area contributed by atoms with Crippen molar-refractivity contribution in [3.05, 3.63) is 64.4 Å². The van der Waals surface area contributed by atoms with Gasteiger partial charge in [0.2, 0.25) is 0 Å². The second-order valence-electron chi connectivity index (χ2n) is 5.18. The number of hydrogen-bond donors (Lipinski definition) is 1. The van der Waals surface area contributed by atoms with Crippen LogP contribution in [0.1, 0.15) is 18.4 Å². The average molecular weight is 332 g/mol. The van der Waals surface area contributed by atoms with E-state index in [1.165, 1.54) is 0 Å². The molecule has 5 heteroatoms. The quantitative estimate of drug-likeness (QED) is 0.718. The Morgan fingerprint density at radius 1 is 1.09 bits per heavy atom. The molecule has 0 bridgehead atoms. The first-order chi connectivity index (χ1) is 10.6. The molecule has 22 heavy (non-hydrogen) atoms. The molecule has 1 heterocycles. The maximum Gasteiger partial charge on any atom is 0.112 e. The Hall–Kier alpha value is -1.84. The molecule has 0 spiro atoms. The molecule has 3 rings (SSSR count). The van der Waals surface area contributed by atoms with E-state index >= 15 is 0 Å². The first-order valence-corrected chi connectivity index (χ1v) is 7.79. The minimum Gasteiger partial charge on any atom is -0.383 e. The van der Waals surface area contributed by atoms with E-state index in [2.05, 4.69) is 22.2 Å². The fourth-order valence-electron chi connectivity index (χ4n) is 2.41. The molecule has 2 aromatic carbocycles. The van der Waals surface area contributed by atoms with Crippen LogP contribution in [0.25, 0.3) is 11.0 Å². The molecule has 1 N–H and O–H groups in total. The van der Waals surface area contributed by atoms with Crippen molar-refractivity contribution < 1.29 is 0 Å². The lowest BCUT2D eigenvalue weighted by molar-refractivity contribution is 0.805. The molecule has 0 saturated heterocycles. The largest absolute Gasteiger partial charge is 0.383 e. The normalized spacial score (nSPS) is 12.3. The molecule has 0 aliphatic carbocycles. The van der Waals surface area contributed by atoms with E-state index in [0.29, 0.717) is 10.0 Å². The lowest BCUT2D eigenvalue weighted by Crippen LogP contribution is -2.10. The Labute approximate surface area is 139 Å². The van der Waals surface area contributed by atoms with Gasteiger partial charge in [-0.15, -0.1) is 0 Å². The molecule has 112 valence electrons. The predicted molar refractivity (Wildman–Crippen MR) is 92.9 cm³/mol. The zero-order valence-corrected chi connectivity index (χ0v) is 13.6. The van der Waals surface area contributed by atoms with Gasteiger partial charge in [0.15, 0.2) is 0 Å². The maximum atomic E-state index is 6.27. The second kappa shape index (κ2) is 6.51. The van der Waals surface area contributed by atoms with Crippen molar-refractivity contribution in [3.8, 4) is 0 Å². The van der Waals surface area contributed by atoms with Crippen molar-refractivity contribution in [3.63, 3.8) is 0 Å². The minimum absolute atomic E-state index is 0.247. The molecule has 1 aromatic heterocycles. The van der Waals surface area contributed by atoms with Crippen LogP contribution in [-0.4, -0.2) is 16.5 Å². The predicted octanol–water partition coefficient (Wildman–Crippen LogP) is 5.15. The Morgan fingerprint density at radius 3 is 2.73 bits per heavy atom. The summed E-state index contributed by atoms with van der Waals surface area (Å²) in [5, 5.41) is 4.78. The first kappa shape index (κ1) is 15.1. The van der Waals surface area contributed by atoms with Crippen molar-refractivity contribution >= 4 is 39.9 Å². The highest BCUT2D eigenvalue weighted by molar-refractivity contribution is 6.35. The summed E-state index contributed by atoms with van der Waals surface area (Å²) in [5.74, 6) is 0.247. The summed E-state index contributed by atoms with van der Waals surface area (Å²) in [4.78, 5) is 8.71. The molecule has 0 fully saturated rings. The highest BCUT2D eigenvalue weighted by Crippen LogP contribution is 2.28. The summed E-state index contributed by atoms with van der Waals surface area (Å²) in [6.45, 7) is 2.87. The summed E-state index contributed by atoms with van der Waals surface area (Å²) in [6.07, 6.45) is 3.40. The van der Waals surface area contributed by atoms with E-state index in [1.807, 2.05) is 30.3 Å². The third-order valence-corrected chi connectivity index (χ3v) is 4.15. The maximum absolute atomic E-state index is 6.27. The van der Waals surface area contributed by atoms with Gasteiger partial charge in [0.1, 0.15) is 5.52 Å². The van der Waals surface area contributed by atoms with E-state index in [1.54, 1.807) is 18.5 Å². The topological polar surface area (TPSA) is 37.8 Å². The van der Waals surface area contributed by atoms with Crippen LogP contribution in [0.3, 0.4) is 0 Å². The molecular weight excluding hydrogens is 317 g/mol. The average Bonchev–Trinajstić information content (AvgIpc) is 2.52. The van der Waals surface area contributed by atoms with Gasteiger partial charge < -0.3 is 5.32 Å². The summed E-state index contributed by atoms with van der Waals surface area (Å²) >= 11 is 12.2. The number of fused-ring (bicyclic) bond motifs is 1. The standard InChI is InChI=1S/C17H15Cl2N3/c1-11(13-6-5-12(18)9-14(13)19)10-22-16-4-2-3-15-17(16)21-8-7-20-15/h2-9,11,22H,10H2,1H3. The fourth-order valence-corrected chi connectivity index (χ4v) is 3.00. The van der Waals surface area contributed by atoms with Gasteiger partial charge in [-0.1, -0.05) is 42.3 Å². The highest BCUT2D eigenvalue weighted by atomic mass is 35.5. The van der Waals surface area contributed by atoms with Crippen molar-refractivity contribution in [2.75, 3.05) is 11.9 Å². The smallest absolute Gasteiger partial charge is 0.112 e. The van der Waals surface area contributed by atoms with Crippen LogP contribution < -0.4 is 5.32 Å². The van der Waals surface area contributed by atoms with E-state index in [0.717, 1.165) is 28.8 Å². The second-order valence-corrected chi connectivity index (χ2v) is 6.02. The number of anilines is 1. The number of aromatic nitrogens is 2. The van der Waals surface area contributed by atoms with Crippen molar-refractivity contribution in [2.45, 2.75) is 12.8 Å². The third kappa shape index (κ3) is 3.16. The number of para-hydroxylation sites is 1.